The summed E-state index contributed by atoms with van der Waals surface area (Å²) in [5.74, 6) is 0.903. The molecule has 23 heavy (non-hydrogen) atoms. The van der Waals surface area contributed by atoms with Gasteiger partial charge in [-0.3, -0.25) is 10.1 Å². The van der Waals surface area contributed by atoms with Crippen molar-refractivity contribution < 1.29 is 13.2 Å². The van der Waals surface area contributed by atoms with Gasteiger partial charge in [-0.25, -0.2) is 12.7 Å². The Balaban J connectivity index is 1.56. The zero-order chi connectivity index (χ0) is 16.3. The normalized spacial score (nSPS) is 19.6. The average Bonchev–Trinajstić information content (AvgIpc) is 3.07. The highest BCUT2D eigenvalue weighted by molar-refractivity contribution is 7.88. The second-order valence-corrected chi connectivity index (χ2v) is 7.79. The van der Waals surface area contributed by atoms with E-state index in [4.69, 9.17) is 4.74 Å². The maximum absolute atomic E-state index is 11.6. The zero-order valence-electron chi connectivity index (χ0n) is 13.0. The molecule has 0 bridgehead atoms. The summed E-state index contributed by atoms with van der Waals surface area (Å²) in [5.41, 5.74) is 1.75. The third-order valence-corrected chi connectivity index (χ3v) is 5.24. The van der Waals surface area contributed by atoms with Crippen LogP contribution >= 0.6 is 0 Å². The molecule has 1 aliphatic heterocycles. The van der Waals surface area contributed by atoms with E-state index in [1.54, 1.807) is 18.6 Å². The highest BCUT2D eigenvalue weighted by Crippen LogP contribution is 2.21. The molecule has 0 unspecified atom stereocenters. The molecule has 2 aromatic heterocycles. The number of nitrogens with zero attached hydrogens (tertiary/aromatic N) is 3. The molecule has 0 spiro atoms. The van der Waals surface area contributed by atoms with Gasteiger partial charge in [-0.2, -0.15) is 5.10 Å². The fourth-order valence-corrected chi connectivity index (χ4v) is 3.65. The Labute approximate surface area is 135 Å². The van der Waals surface area contributed by atoms with Crippen LogP contribution in [0.5, 0.6) is 5.75 Å². The van der Waals surface area contributed by atoms with Gasteiger partial charge in [0.15, 0.2) is 0 Å². The molecule has 0 amide bonds. The highest BCUT2D eigenvalue weighted by atomic mass is 32.2. The Morgan fingerprint density at radius 3 is 2.91 bits per heavy atom. The number of pyridine rings is 1. The highest BCUT2D eigenvalue weighted by Gasteiger charge is 2.26. The minimum absolute atomic E-state index is 0.215. The molecule has 0 aliphatic carbocycles. The molecular formula is C15H20N4O3S. The number of aromatic nitrogens is 3. The quantitative estimate of drug-likeness (QED) is 0.894. The van der Waals surface area contributed by atoms with Gasteiger partial charge in [0, 0.05) is 30.8 Å². The summed E-state index contributed by atoms with van der Waals surface area (Å²) in [6, 6.07) is 3.75. The Morgan fingerprint density at radius 1 is 1.39 bits per heavy atom. The molecule has 1 saturated heterocycles. The number of hydrogen-bond acceptors (Lipinski definition) is 5. The van der Waals surface area contributed by atoms with E-state index >= 15 is 0 Å². The summed E-state index contributed by atoms with van der Waals surface area (Å²) in [4.78, 5) is 4.35. The third-order valence-electron chi connectivity index (χ3n) is 3.97. The third kappa shape index (κ3) is 4.08. The van der Waals surface area contributed by atoms with Crippen LogP contribution in [0.15, 0.2) is 30.7 Å². The maximum Gasteiger partial charge on any atom is 0.211 e. The van der Waals surface area contributed by atoms with E-state index in [0.29, 0.717) is 25.4 Å². The van der Waals surface area contributed by atoms with Gasteiger partial charge in [0.1, 0.15) is 5.75 Å². The molecule has 3 rings (SSSR count). The van der Waals surface area contributed by atoms with Crippen LogP contribution in [0.4, 0.5) is 0 Å². The first kappa shape index (κ1) is 15.9. The number of aromatic amines is 1. The van der Waals surface area contributed by atoms with Crippen molar-refractivity contribution in [3.05, 3.63) is 30.7 Å². The van der Waals surface area contributed by atoms with Crippen molar-refractivity contribution in [3.63, 3.8) is 0 Å². The molecule has 0 radical (unpaired) electrons. The van der Waals surface area contributed by atoms with E-state index < -0.39 is 10.0 Å². The van der Waals surface area contributed by atoms with Crippen LogP contribution in [0.3, 0.4) is 0 Å². The predicted molar refractivity (Wildman–Crippen MR) is 86.5 cm³/mol. The molecule has 0 aromatic carbocycles. The van der Waals surface area contributed by atoms with Crippen molar-refractivity contribution in [1.82, 2.24) is 19.5 Å². The molecule has 1 aliphatic rings. The molecule has 8 heteroatoms. The fourth-order valence-electron chi connectivity index (χ4n) is 2.71. The number of nitrogens with one attached hydrogen (secondary N) is 1. The Bertz CT molecular complexity index is 729. The topological polar surface area (TPSA) is 88.2 Å². The molecule has 1 fully saturated rings. The van der Waals surface area contributed by atoms with Crippen molar-refractivity contribution in [1.29, 1.82) is 0 Å². The lowest BCUT2D eigenvalue weighted by atomic mass is 10.0. The van der Waals surface area contributed by atoms with E-state index in [1.807, 2.05) is 12.1 Å². The summed E-state index contributed by atoms with van der Waals surface area (Å²) in [5, 5.41) is 6.65. The maximum atomic E-state index is 11.6. The number of H-pyrrole nitrogens is 1. The first-order chi connectivity index (χ1) is 11.0. The second kappa shape index (κ2) is 6.67. The first-order valence-corrected chi connectivity index (χ1v) is 9.40. The van der Waals surface area contributed by atoms with Crippen molar-refractivity contribution in [2.24, 2.45) is 5.92 Å². The van der Waals surface area contributed by atoms with Crippen molar-refractivity contribution in [3.8, 4) is 17.0 Å². The summed E-state index contributed by atoms with van der Waals surface area (Å²) in [6.45, 7) is 1.63. The Kier molecular flexibility index (Phi) is 4.63. The van der Waals surface area contributed by atoms with E-state index in [2.05, 4.69) is 15.2 Å². The van der Waals surface area contributed by atoms with Gasteiger partial charge in [-0.15, -0.1) is 0 Å². The first-order valence-electron chi connectivity index (χ1n) is 7.55. The van der Waals surface area contributed by atoms with E-state index in [9.17, 15) is 8.42 Å². The van der Waals surface area contributed by atoms with Crippen LogP contribution < -0.4 is 4.74 Å². The minimum Gasteiger partial charge on any atom is -0.492 e. The van der Waals surface area contributed by atoms with Gasteiger partial charge in [-0.1, -0.05) is 0 Å². The molecule has 2 aromatic rings. The van der Waals surface area contributed by atoms with E-state index in [0.717, 1.165) is 24.1 Å². The molecule has 1 N–H and O–H groups in total. The zero-order valence-corrected chi connectivity index (χ0v) is 13.8. The fraction of sp³-hybridized carbons (Fsp3) is 0.467. The van der Waals surface area contributed by atoms with Crippen LogP contribution in [0, 0.1) is 5.92 Å². The van der Waals surface area contributed by atoms with Gasteiger partial charge < -0.3 is 4.74 Å². The van der Waals surface area contributed by atoms with Crippen LogP contribution in [0.25, 0.3) is 11.3 Å². The van der Waals surface area contributed by atoms with E-state index in [-0.39, 0.29) is 5.92 Å². The number of rotatable bonds is 5. The summed E-state index contributed by atoms with van der Waals surface area (Å²) in [6.07, 6.45) is 8.29. The lowest BCUT2D eigenvalue weighted by Crippen LogP contribution is -2.40. The van der Waals surface area contributed by atoms with Gasteiger partial charge in [-0.05, 0) is 25.0 Å². The van der Waals surface area contributed by atoms with Gasteiger partial charge in [0.2, 0.25) is 10.0 Å². The number of sulfonamides is 1. The second-order valence-electron chi connectivity index (χ2n) is 5.81. The van der Waals surface area contributed by atoms with Crippen molar-refractivity contribution in [2.75, 3.05) is 26.0 Å². The van der Waals surface area contributed by atoms with Crippen LogP contribution in [0.1, 0.15) is 12.8 Å². The number of ether oxygens (including phenoxy) is 1. The Hall–Kier alpha value is -1.93. The van der Waals surface area contributed by atoms with E-state index in [1.165, 1.54) is 10.6 Å². The van der Waals surface area contributed by atoms with Crippen molar-refractivity contribution >= 4 is 10.0 Å². The Morgan fingerprint density at radius 2 is 2.26 bits per heavy atom. The summed E-state index contributed by atoms with van der Waals surface area (Å²) < 4.78 is 30.6. The predicted octanol–water partition coefficient (Wildman–Crippen LogP) is 1.52. The molecule has 1 atom stereocenters. The summed E-state index contributed by atoms with van der Waals surface area (Å²) in [7, 11) is -3.12. The van der Waals surface area contributed by atoms with Crippen LogP contribution in [-0.2, 0) is 10.0 Å². The van der Waals surface area contributed by atoms with Crippen LogP contribution in [-0.4, -0.2) is 53.9 Å². The van der Waals surface area contributed by atoms with Gasteiger partial charge in [0.05, 0.1) is 31.0 Å². The molecule has 3 heterocycles. The SMILES string of the molecule is CS(=O)(=O)N1CCC[C@@H](COc2ccc(-c3cn[nH]c3)nc2)C1. The monoisotopic (exact) mass is 336 g/mol. The molecule has 7 nitrogen and oxygen atoms in total. The standard InChI is InChI=1S/C15H20N4O3S/c1-23(20,21)19-6-2-3-12(10-19)11-22-14-4-5-15(16-9-14)13-7-17-18-8-13/h4-5,7-9,12H,2-3,6,10-11H2,1H3,(H,17,18)/t12-/m1/s1. The largest absolute Gasteiger partial charge is 0.492 e. The minimum atomic E-state index is -3.12. The van der Waals surface area contributed by atoms with Crippen molar-refractivity contribution in [2.45, 2.75) is 12.8 Å². The average molecular weight is 336 g/mol. The lowest BCUT2D eigenvalue weighted by molar-refractivity contribution is 0.180. The molecule has 0 saturated carbocycles. The molecular weight excluding hydrogens is 316 g/mol. The lowest BCUT2D eigenvalue weighted by Gasteiger charge is -2.30. The van der Waals surface area contributed by atoms with Gasteiger partial charge in [0.25, 0.3) is 0 Å². The number of piperidine rings is 1. The molecule has 124 valence electrons. The van der Waals surface area contributed by atoms with Crippen LogP contribution in [0.2, 0.25) is 0 Å². The smallest absolute Gasteiger partial charge is 0.211 e. The van der Waals surface area contributed by atoms with Gasteiger partial charge >= 0.3 is 0 Å². The summed E-state index contributed by atoms with van der Waals surface area (Å²) >= 11 is 0. The number of hydrogen-bond donors (Lipinski definition) is 1.